The molecule has 0 aliphatic rings. The normalized spacial score (nSPS) is 9.28. The molecule has 0 bridgehead atoms. The Morgan fingerprint density at radius 2 is 2.17 bits per heavy atom. The van der Waals surface area contributed by atoms with E-state index in [0.717, 1.165) is 18.5 Å². The third kappa shape index (κ3) is 6.23. The van der Waals surface area contributed by atoms with Crippen molar-refractivity contribution >= 4 is 30.7 Å². The maximum absolute atomic E-state index is 11.8. The lowest BCUT2D eigenvalue weighted by Crippen LogP contribution is -2.30. The van der Waals surface area contributed by atoms with Gasteiger partial charge >= 0.3 is 0 Å². The van der Waals surface area contributed by atoms with E-state index in [2.05, 4.69) is 5.10 Å². The summed E-state index contributed by atoms with van der Waals surface area (Å²) in [6.45, 7) is 3.90. The molecule has 0 aromatic carbocycles. The van der Waals surface area contributed by atoms with Crippen molar-refractivity contribution in [3.8, 4) is 0 Å². The van der Waals surface area contributed by atoms with Crippen LogP contribution in [0.25, 0.3) is 0 Å². The molecule has 0 unspecified atom stereocenters. The summed E-state index contributed by atoms with van der Waals surface area (Å²) in [7, 11) is 1.87. The second-order valence-corrected chi connectivity index (χ2v) is 3.82. The molecule has 1 heterocycles. The van der Waals surface area contributed by atoms with Crippen molar-refractivity contribution in [3.05, 3.63) is 18.0 Å². The number of carbonyl (C=O) groups is 1. The van der Waals surface area contributed by atoms with Crippen molar-refractivity contribution in [2.45, 2.75) is 26.3 Å². The van der Waals surface area contributed by atoms with Crippen molar-refractivity contribution in [3.63, 3.8) is 0 Å². The highest BCUT2D eigenvalue weighted by Gasteiger charge is 2.11. The van der Waals surface area contributed by atoms with E-state index >= 15 is 0 Å². The molecule has 1 aromatic heterocycles. The standard InChI is InChI=1S/C11H20N4O.2ClH/c1-3-15(11(16)5-4-6-12)9-10-7-13-14(2)8-10;;/h7-8H,3-6,9,12H2,1-2H3;2*1H. The zero-order chi connectivity index (χ0) is 12.0. The Bertz CT molecular complexity index is 344. The average molecular weight is 297 g/mol. The second-order valence-electron chi connectivity index (χ2n) is 3.82. The summed E-state index contributed by atoms with van der Waals surface area (Å²) >= 11 is 0. The third-order valence-corrected chi connectivity index (χ3v) is 2.46. The lowest BCUT2D eigenvalue weighted by Gasteiger charge is -2.19. The molecule has 0 fully saturated rings. The summed E-state index contributed by atoms with van der Waals surface area (Å²) in [4.78, 5) is 13.6. The largest absolute Gasteiger partial charge is 0.339 e. The number of hydrogen-bond donors (Lipinski definition) is 1. The van der Waals surface area contributed by atoms with Crippen LogP contribution in [0.2, 0.25) is 0 Å². The van der Waals surface area contributed by atoms with Gasteiger partial charge in [-0.05, 0) is 19.9 Å². The molecule has 0 aliphatic carbocycles. The molecule has 18 heavy (non-hydrogen) atoms. The van der Waals surface area contributed by atoms with E-state index in [1.807, 2.05) is 25.1 Å². The predicted octanol–water partition coefficient (Wildman–Crippen LogP) is 1.35. The molecule has 7 heteroatoms. The maximum Gasteiger partial charge on any atom is 0.222 e. The van der Waals surface area contributed by atoms with E-state index in [4.69, 9.17) is 5.73 Å². The number of aryl methyl sites for hydroxylation is 1. The van der Waals surface area contributed by atoms with Crippen molar-refractivity contribution in [2.75, 3.05) is 13.1 Å². The van der Waals surface area contributed by atoms with Crippen LogP contribution in [0.4, 0.5) is 0 Å². The SMILES string of the molecule is CCN(Cc1cnn(C)c1)C(=O)CCCN.Cl.Cl. The topological polar surface area (TPSA) is 64.2 Å². The Morgan fingerprint density at radius 3 is 2.61 bits per heavy atom. The number of halogens is 2. The maximum atomic E-state index is 11.8. The summed E-state index contributed by atoms with van der Waals surface area (Å²) in [5.41, 5.74) is 6.45. The fourth-order valence-electron chi connectivity index (χ4n) is 1.56. The van der Waals surface area contributed by atoms with E-state index in [-0.39, 0.29) is 30.7 Å². The van der Waals surface area contributed by atoms with E-state index in [1.54, 1.807) is 10.9 Å². The summed E-state index contributed by atoms with van der Waals surface area (Å²) in [6.07, 6.45) is 5.00. The van der Waals surface area contributed by atoms with Gasteiger partial charge in [-0.25, -0.2) is 0 Å². The molecule has 1 amide bonds. The molecular weight excluding hydrogens is 275 g/mol. The number of amides is 1. The average Bonchev–Trinajstić information content (AvgIpc) is 2.68. The quantitative estimate of drug-likeness (QED) is 0.862. The van der Waals surface area contributed by atoms with Gasteiger partial charge in [0, 0.05) is 38.3 Å². The van der Waals surface area contributed by atoms with E-state index in [1.165, 1.54) is 0 Å². The second kappa shape index (κ2) is 10.2. The van der Waals surface area contributed by atoms with Crippen LogP contribution in [-0.2, 0) is 18.4 Å². The van der Waals surface area contributed by atoms with Crippen molar-refractivity contribution in [1.82, 2.24) is 14.7 Å². The van der Waals surface area contributed by atoms with E-state index in [9.17, 15) is 4.79 Å². The Hall–Kier alpha value is -0.780. The number of nitrogens with two attached hydrogens (primary N) is 1. The van der Waals surface area contributed by atoms with Crippen LogP contribution >= 0.6 is 24.8 Å². The molecular formula is C11H22Cl2N4O. The van der Waals surface area contributed by atoms with Gasteiger partial charge < -0.3 is 10.6 Å². The molecule has 0 saturated carbocycles. The molecule has 0 atom stereocenters. The Kier molecular flexibility index (Phi) is 11.1. The monoisotopic (exact) mass is 296 g/mol. The molecule has 2 N–H and O–H groups in total. The first-order valence-corrected chi connectivity index (χ1v) is 5.62. The third-order valence-electron chi connectivity index (χ3n) is 2.46. The zero-order valence-electron chi connectivity index (χ0n) is 10.8. The molecule has 0 aliphatic heterocycles. The van der Waals surface area contributed by atoms with E-state index < -0.39 is 0 Å². The first kappa shape index (κ1) is 19.6. The number of carbonyl (C=O) groups excluding carboxylic acids is 1. The molecule has 0 radical (unpaired) electrons. The van der Waals surface area contributed by atoms with Gasteiger partial charge in [0.2, 0.25) is 5.91 Å². The van der Waals surface area contributed by atoms with Gasteiger partial charge in [-0.3, -0.25) is 9.48 Å². The van der Waals surface area contributed by atoms with Gasteiger partial charge in [-0.1, -0.05) is 0 Å². The molecule has 0 spiro atoms. The first-order chi connectivity index (χ1) is 7.67. The highest BCUT2D eigenvalue weighted by Crippen LogP contribution is 2.05. The fourth-order valence-corrected chi connectivity index (χ4v) is 1.56. The van der Waals surface area contributed by atoms with Crippen LogP contribution in [0.1, 0.15) is 25.3 Å². The Labute approximate surface area is 121 Å². The highest BCUT2D eigenvalue weighted by molar-refractivity contribution is 5.85. The molecule has 5 nitrogen and oxygen atoms in total. The Morgan fingerprint density at radius 1 is 1.50 bits per heavy atom. The smallest absolute Gasteiger partial charge is 0.222 e. The lowest BCUT2D eigenvalue weighted by atomic mass is 10.2. The molecule has 106 valence electrons. The van der Waals surface area contributed by atoms with Gasteiger partial charge in [-0.15, -0.1) is 24.8 Å². The summed E-state index contributed by atoms with van der Waals surface area (Å²) < 4.78 is 1.74. The minimum atomic E-state index is 0. The molecule has 0 saturated heterocycles. The zero-order valence-corrected chi connectivity index (χ0v) is 12.5. The van der Waals surface area contributed by atoms with Gasteiger partial charge in [0.1, 0.15) is 0 Å². The van der Waals surface area contributed by atoms with Gasteiger partial charge in [0.25, 0.3) is 0 Å². The molecule has 1 rings (SSSR count). The number of hydrogen-bond acceptors (Lipinski definition) is 3. The van der Waals surface area contributed by atoms with Crippen LogP contribution in [0.15, 0.2) is 12.4 Å². The van der Waals surface area contributed by atoms with Crippen LogP contribution in [-0.4, -0.2) is 33.7 Å². The molecule has 1 aromatic rings. The fraction of sp³-hybridized carbons (Fsp3) is 0.636. The number of rotatable bonds is 6. The van der Waals surface area contributed by atoms with Gasteiger partial charge in [-0.2, -0.15) is 5.10 Å². The van der Waals surface area contributed by atoms with Crippen LogP contribution < -0.4 is 5.73 Å². The van der Waals surface area contributed by atoms with Gasteiger partial charge in [0.15, 0.2) is 0 Å². The summed E-state index contributed by atoms with van der Waals surface area (Å²) in [5.74, 6) is 0.164. The van der Waals surface area contributed by atoms with Crippen molar-refractivity contribution in [2.24, 2.45) is 12.8 Å². The summed E-state index contributed by atoms with van der Waals surface area (Å²) in [6, 6.07) is 0. The number of aromatic nitrogens is 2. The lowest BCUT2D eigenvalue weighted by molar-refractivity contribution is -0.131. The predicted molar refractivity (Wildman–Crippen MR) is 77.1 cm³/mol. The first-order valence-electron chi connectivity index (χ1n) is 5.62. The Balaban J connectivity index is 0. The number of nitrogens with zero attached hydrogens (tertiary/aromatic N) is 3. The minimum Gasteiger partial charge on any atom is -0.339 e. The van der Waals surface area contributed by atoms with E-state index in [0.29, 0.717) is 19.5 Å². The van der Waals surface area contributed by atoms with Gasteiger partial charge in [0.05, 0.1) is 6.20 Å². The minimum absolute atomic E-state index is 0. The van der Waals surface area contributed by atoms with Crippen molar-refractivity contribution in [1.29, 1.82) is 0 Å². The summed E-state index contributed by atoms with van der Waals surface area (Å²) in [5, 5.41) is 4.08. The van der Waals surface area contributed by atoms with Crippen LogP contribution in [0, 0.1) is 0 Å². The van der Waals surface area contributed by atoms with Crippen LogP contribution in [0.5, 0.6) is 0 Å². The van der Waals surface area contributed by atoms with Crippen molar-refractivity contribution < 1.29 is 4.79 Å². The highest BCUT2D eigenvalue weighted by atomic mass is 35.5. The van der Waals surface area contributed by atoms with Crippen LogP contribution in [0.3, 0.4) is 0 Å².